The van der Waals surface area contributed by atoms with Gasteiger partial charge in [-0.15, -0.1) is 6.42 Å². The number of hydrogen-bond acceptors (Lipinski definition) is 5. The molecule has 114 valence electrons. The van der Waals surface area contributed by atoms with E-state index in [2.05, 4.69) is 26.6 Å². The number of nitrogens with zero attached hydrogens (tertiary/aromatic N) is 3. The molecule has 2 aromatic rings. The van der Waals surface area contributed by atoms with Crippen molar-refractivity contribution < 1.29 is 9.90 Å². The van der Waals surface area contributed by atoms with Crippen LogP contribution < -0.4 is 10.6 Å². The van der Waals surface area contributed by atoms with Crippen LogP contribution in [0.1, 0.15) is 22.0 Å². The van der Waals surface area contributed by atoms with Crippen LogP contribution in [0, 0.1) is 12.3 Å². The van der Waals surface area contributed by atoms with Gasteiger partial charge in [0.05, 0.1) is 24.4 Å². The molecule has 0 bridgehead atoms. The molecule has 0 radical (unpaired) electrons. The summed E-state index contributed by atoms with van der Waals surface area (Å²) in [7, 11) is 1.79. The number of carbonyl (C=O) groups is 1. The number of hydrogen-bond donors (Lipinski definition) is 3. The minimum absolute atomic E-state index is 0.177. The van der Waals surface area contributed by atoms with Crippen molar-refractivity contribution in [2.24, 2.45) is 7.05 Å². The quantitative estimate of drug-likeness (QED) is 0.668. The summed E-state index contributed by atoms with van der Waals surface area (Å²) in [4.78, 5) is 15.8. The molecular formula is C15H17N5O2. The van der Waals surface area contributed by atoms with Gasteiger partial charge in [-0.1, -0.05) is 5.92 Å². The molecule has 3 N–H and O–H groups in total. The number of rotatable bonds is 6. The molecule has 0 aromatic carbocycles. The maximum atomic E-state index is 11.7. The summed E-state index contributed by atoms with van der Waals surface area (Å²) in [5, 5.41) is 19.6. The Hall–Kier alpha value is -2.85. The van der Waals surface area contributed by atoms with Crippen molar-refractivity contribution in [3.63, 3.8) is 0 Å². The molecule has 1 atom stereocenters. The summed E-state index contributed by atoms with van der Waals surface area (Å²) < 4.78 is 1.63. The molecule has 0 saturated carbocycles. The second-order valence-electron chi connectivity index (χ2n) is 4.66. The first kappa shape index (κ1) is 15.5. The van der Waals surface area contributed by atoms with Gasteiger partial charge in [-0.05, 0) is 12.1 Å². The molecule has 2 rings (SSSR count). The first-order chi connectivity index (χ1) is 10.6. The summed E-state index contributed by atoms with van der Waals surface area (Å²) in [5.74, 6) is 2.63. The largest absolute Gasteiger partial charge is 0.386 e. The van der Waals surface area contributed by atoms with Gasteiger partial charge >= 0.3 is 0 Å². The lowest BCUT2D eigenvalue weighted by Gasteiger charge is -2.10. The van der Waals surface area contributed by atoms with Crippen LogP contribution in [0.2, 0.25) is 0 Å². The Morgan fingerprint density at radius 2 is 2.32 bits per heavy atom. The predicted molar refractivity (Wildman–Crippen MR) is 82.1 cm³/mol. The normalized spacial score (nSPS) is 11.5. The van der Waals surface area contributed by atoms with Gasteiger partial charge in [-0.25, -0.2) is 4.98 Å². The van der Waals surface area contributed by atoms with Crippen molar-refractivity contribution in [3.05, 3.63) is 41.9 Å². The number of amides is 1. The van der Waals surface area contributed by atoms with E-state index in [0.717, 1.165) is 5.56 Å². The Morgan fingerprint density at radius 1 is 1.50 bits per heavy atom. The highest BCUT2D eigenvalue weighted by atomic mass is 16.3. The second-order valence-corrected chi connectivity index (χ2v) is 4.66. The molecule has 7 nitrogen and oxygen atoms in total. The molecule has 1 amide bonds. The number of nitrogens with one attached hydrogen (secondary N) is 2. The van der Waals surface area contributed by atoms with Crippen LogP contribution in [0.15, 0.2) is 30.7 Å². The van der Waals surface area contributed by atoms with Gasteiger partial charge in [0, 0.05) is 31.5 Å². The standard InChI is InChI=1S/C15H17N5O2/c1-3-6-16-15(22)11-4-5-14(17-7-11)18-9-13(21)12-8-19-20(2)10-12/h1,4-5,7-8,10,13,21H,6,9H2,2H3,(H,16,22)(H,17,18). The van der Waals surface area contributed by atoms with Crippen LogP contribution in [0.4, 0.5) is 5.82 Å². The SMILES string of the molecule is C#CCNC(=O)c1ccc(NCC(O)c2cnn(C)c2)nc1. The van der Waals surface area contributed by atoms with E-state index in [1.165, 1.54) is 6.20 Å². The topological polar surface area (TPSA) is 92.1 Å². The van der Waals surface area contributed by atoms with Crippen LogP contribution in [-0.2, 0) is 7.05 Å². The van der Waals surface area contributed by atoms with Crippen LogP contribution in [0.5, 0.6) is 0 Å². The second kappa shape index (κ2) is 7.24. The fraction of sp³-hybridized carbons (Fsp3) is 0.267. The maximum absolute atomic E-state index is 11.7. The van der Waals surface area contributed by atoms with Crippen molar-refractivity contribution in [2.45, 2.75) is 6.10 Å². The number of pyridine rings is 1. The number of carbonyl (C=O) groups excluding carboxylic acids is 1. The lowest BCUT2D eigenvalue weighted by Crippen LogP contribution is -2.23. The Morgan fingerprint density at radius 3 is 2.91 bits per heavy atom. The molecule has 0 aliphatic carbocycles. The summed E-state index contributed by atoms with van der Waals surface area (Å²) in [6, 6.07) is 3.30. The number of aryl methyl sites for hydroxylation is 1. The molecule has 0 fully saturated rings. The van der Waals surface area contributed by atoms with E-state index in [4.69, 9.17) is 6.42 Å². The van der Waals surface area contributed by atoms with Crippen molar-refractivity contribution in [2.75, 3.05) is 18.4 Å². The molecule has 2 aromatic heterocycles. The van der Waals surface area contributed by atoms with E-state index in [1.54, 1.807) is 36.3 Å². The van der Waals surface area contributed by atoms with E-state index in [-0.39, 0.29) is 12.5 Å². The number of aliphatic hydroxyl groups excluding tert-OH is 1. The molecule has 2 heterocycles. The third kappa shape index (κ3) is 4.07. The Labute approximate surface area is 128 Å². The highest BCUT2D eigenvalue weighted by Gasteiger charge is 2.10. The highest BCUT2D eigenvalue weighted by molar-refractivity contribution is 5.94. The van der Waals surface area contributed by atoms with Gasteiger partial charge in [-0.2, -0.15) is 5.10 Å². The first-order valence-electron chi connectivity index (χ1n) is 6.68. The molecule has 0 aliphatic rings. The lowest BCUT2D eigenvalue weighted by molar-refractivity contribution is 0.0958. The fourth-order valence-electron chi connectivity index (χ4n) is 1.80. The van der Waals surface area contributed by atoms with E-state index in [1.807, 2.05) is 0 Å². The van der Waals surface area contributed by atoms with E-state index >= 15 is 0 Å². The maximum Gasteiger partial charge on any atom is 0.253 e. The molecule has 0 spiro atoms. The van der Waals surface area contributed by atoms with Crippen molar-refractivity contribution in [1.29, 1.82) is 0 Å². The number of anilines is 1. The first-order valence-corrected chi connectivity index (χ1v) is 6.68. The van der Waals surface area contributed by atoms with E-state index in [0.29, 0.717) is 17.9 Å². The molecule has 0 saturated heterocycles. The molecule has 7 heteroatoms. The van der Waals surface area contributed by atoms with Crippen molar-refractivity contribution in [3.8, 4) is 12.3 Å². The Bertz CT molecular complexity index is 672. The molecule has 22 heavy (non-hydrogen) atoms. The van der Waals surface area contributed by atoms with Crippen molar-refractivity contribution >= 4 is 11.7 Å². The number of aliphatic hydroxyl groups is 1. The van der Waals surface area contributed by atoms with Crippen LogP contribution in [0.25, 0.3) is 0 Å². The van der Waals surface area contributed by atoms with E-state index in [9.17, 15) is 9.90 Å². The smallest absolute Gasteiger partial charge is 0.253 e. The van der Waals surface area contributed by atoms with Gasteiger partial charge in [0.25, 0.3) is 5.91 Å². The molecular weight excluding hydrogens is 282 g/mol. The van der Waals surface area contributed by atoms with E-state index < -0.39 is 6.10 Å². The number of aromatic nitrogens is 3. The molecule has 1 unspecified atom stereocenters. The third-order valence-electron chi connectivity index (χ3n) is 2.96. The fourth-order valence-corrected chi connectivity index (χ4v) is 1.80. The monoisotopic (exact) mass is 299 g/mol. The van der Waals surface area contributed by atoms with Gasteiger partial charge in [0.1, 0.15) is 5.82 Å². The average molecular weight is 299 g/mol. The van der Waals surface area contributed by atoms with Gasteiger partial charge < -0.3 is 15.7 Å². The summed E-state index contributed by atoms with van der Waals surface area (Å²) >= 11 is 0. The minimum Gasteiger partial charge on any atom is -0.386 e. The van der Waals surface area contributed by atoms with Gasteiger partial charge in [-0.3, -0.25) is 9.48 Å². The zero-order valence-electron chi connectivity index (χ0n) is 12.2. The number of terminal acetylenes is 1. The van der Waals surface area contributed by atoms with Crippen LogP contribution in [0.3, 0.4) is 0 Å². The predicted octanol–water partition coefficient (Wildman–Crippen LogP) is 0.324. The summed E-state index contributed by atoms with van der Waals surface area (Å²) in [6.07, 6.45) is 9.20. The zero-order valence-corrected chi connectivity index (χ0v) is 12.2. The Kier molecular flexibility index (Phi) is 5.11. The zero-order chi connectivity index (χ0) is 15.9. The lowest BCUT2D eigenvalue weighted by atomic mass is 10.2. The van der Waals surface area contributed by atoms with Gasteiger partial charge in [0.15, 0.2) is 0 Å². The minimum atomic E-state index is -0.686. The van der Waals surface area contributed by atoms with Crippen molar-refractivity contribution in [1.82, 2.24) is 20.1 Å². The molecule has 0 aliphatic heterocycles. The Balaban J connectivity index is 1.89. The highest BCUT2D eigenvalue weighted by Crippen LogP contribution is 2.12. The summed E-state index contributed by atoms with van der Waals surface area (Å²) in [6.45, 7) is 0.470. The average Bonchev–Trinajstić information content (AvgIpc) is 2.97. The third-order valence-corrected chi connectivity index (χ3v) is 2.96. The van der Waals surface area contributed by atoms with Crippen LogP contribution >= 0.6 is 0 Å². The van der Waals surface area contributed by atoms with Gasteiger partial charge in [0.2, 0.25) is 0 Å². The summed E-state index contributed by atoms with van der Waals surface area (Å²) in [5.41, 5.74) is 1.15. The van der Waals surface area contributed by atoms with Crippen LogP contribution in [-0.4, -0.2) is 38.9 Å².